The molecular formula is C10H10Br2N2O. The first-order valence-corrected chi connectivity index (χ1v) is 6.14. The van der Waals surface area contributed by atoms with Crippen LogP contribution in [0.4, 0.5) is 5.69 Å². The topological polar surface area (TPSA) is 33.6 Å². The number of anilines is 1. The van der Waals surface area contributed by atoms with Gasteiger partial charge in [0.15, 0.2) is 0 Å². The molecule has 0 unspecified atom stereocenters. The molecule has 15 heavy (non-hydrogen) atoms. The Labute approximate surface area is 105 Å². The summed E-state index contributed by atoms with van der Waals surface area (Å²) in [5.74, 6) is 0. The third-order valence-corrected chi connectivity index (χ3v) is 3.31. The van der Waals surface area contributed by atoms with Crippen molar-refractivity contribution in [2.75, 3.05) is 19.0 Å². The fourth-order valence-electron chi connectivity index (χ4n) is 1.63. The van der Waals surface area contributed by atoms with Crippen molar-refractivity contribution in [3.05, 3.63) is 26.6 Å². The van der Waals surface area contributed by atoms with E-state index in [-0.39, 0.29) is 0 Å². The van der Waals surface area contributed by atoms with Crippen molar-refractivity contribution in [2.24, 2.45) is 5.16 Å². The van der Waals surface area contributed by atoms with Crippen LogP contribution in [0.1, 0.15) is 12.0 Å². The predicted molar refractivity (Wildman–Crippen MR) is 68.5 cm³/mol. The summed E-state index contributed by atoms with van der Waals surface area (Å²) in [6.45, 7) is 0.884. The molecule has 0 spiro atoms. The molecule has 0 aliphatic carbocycles. The van der Waals surface area contributed by atoms with E-state index in [1.807, 2.05) is 12.1 Å². The lowest BCUT2D eigenvalue weighted by molar-refractivity contribution is 0.213. The molecule has 0 atom stereocenters. The van der Waals surface area contributed by atoms with Gasteiger partial charge in [0.1, 0.15) is 7.11 Å². The zero-order valence-electron chi connectivity index (χ0n) is 8.18. The molecule has 0 fully saturated rings. The Balaban J connectivity index is 2.55. The van der Waals surface area contributed by atoms with Gasteiger partial charge in [0.2, 0.25) is 0 Å². The van der Waals surface area contributed by atoms with Crippen molar-refractivity contribution >= 4 is 43.3 Å². The molecule has 80 valence electrons. The van der Waals surface area contributed by atoms with E-state index in [0.29, 0.717) is 0 Å². The Bertz CT molecular complexity index is 418. The number of rotatable bonds is 1. The quantitative estimate of drug-likeness (QED) is 0.799. The monoisotopic (exact) mass is 332 g/mol. The van der Waals surface area contributed by atoms with Crippen LogP contribution in [0.15, 0.2) is 26.2 Å². The van der Waals surface area contributed by atoms with E-state index < -0.39 is 0 Å². The van der Waals surface area contributed by atoms with E-state index in [0.717, 1.165) is 38.9 Å². The number of nitrogens with one attached hydrogen (secondary N) is 1. The van der Waals surface area contributed by atoms with Crippen molar-refractivity contribution in [1.29, 1.82) is 0 Å². The van der Waals surface area contributed by atoms with Gasteiger partial charge in [-0.05, 0) is 28.1 Å². The summed E-state index contributed by atoms with van der Waals surface area (Å²) in [6, 6.07) is 4.06. The highest BCUT2D eigenvalue weighted by Gasteiger charge is 2.18. The molecule has 0 amide bonds. The first kappa shape index (κ1) is 11.0. The molecule has 1 aromatic rings. The van der Waals surface area contributed by atoms with Crippen LogP contribution in [0.25, 0.3) is 0 Å². The van der Waals surface area contributed by atoms with Crippen molar-refractivity contribution in [1.82, 2.24) is 0 Å². The second-order valence-corrected chi connectivity index (χ2v) is 4.98. The van der Waals surface area contributed by atoms with Gasteiger partial charge in [-0.2, -0.15) is 0 Å². The Morgan fingerprint density at radius 1 is 1.40 bits per heavy atom. The van der Waals surface area contributed by atoms with Crippen LogP contribution in [-0.4, -0.2) is 19.4 Å². The summed E-state index contributed by atoms with van der Waals surface area (Å²) in [7, 11) is 1.57. The largest absolute Gasteiger partial charge is 0.399 e. The lowest BCUT2D eigenvalue weighted by atomic mass is 10.0. The first-order chi connectivity index (χ1) is 7.22. The molecule has 0 saturated heterocycles. The number of hydrogen-bond acceptors (Lipinski definition) is 3. The van der Waals surface area contributed by atoms with Crippen molar-refractivity contribution < 1.29 is 4.84 Å². The molecule has 0 bridgehead atoms. The third-order valence-electron chi connectivity index (χ3n) is 2.23. The number of hydrogen-bond donors (Lipinski definition) is 1. The molecule has 1 aromatic carbocycles. The van der Waals surface area contributed by atoms with Gasteiger partial charge in [-0.25, -0.2) is 0 Å². The predicted octanol–water partition coefficient (Wildman–Crippen LogP) is 3.38. The Hall–Kier alpha value is -0.550. The highest BCUT2D eigenvalue weighted by atomic mass is 79.9. The third kappa shape index (κ3) is 2.18. The Morgan fingerprint density at radius 3 is 2.93 bits per heavy atom. The van der Waals surface area contributed by atoms with Crippen molar-refractivity contribution in [3.8, 4) is 0 Å². The van der Waals surface area contributed by atoms with Gasteiger partial charge in [0, 0.05) is 27.5 Å². The molecular weight excluding hydrogens is 324 g/mol. The molecule has 0 radical (unpaired) electrons. The molecule has 5 heteroatoms. The van der Waals surface area contributed by atoms with Gasteiger partial charge in [-0.3, -0.25) is 0 Å². The smallest absolute Gasteiger partial charge is 0.106 e. The van der Waals surface area contributed by atoms with Gasteiger partial charge in [-0.1, -0.05) is 21.1 Å². The van der Waals surface area contributed by atoms with Gasteiger partial charge >= 0.3 is 0 Å². The van der Waals surface area contributed by atoms with Crippen LogP contribution in [0.3, 0.4) is 0 Å². The molecule has 1 N–H and O–H groups in total. The van der Waals surface area contributed by atoms with Gasteiger partial charge in [0.25, 0.3) is 0 Å². The fraction of sp³-hybridized carbons (Fsp3) is 0.300. The van der Waals surface area contributed by atoms with Gasteiger partial charge in [0.05, 0.1) is 11.4 Å². The minimum Gasteiger partial charge on any atom is -0.399 e. The molecule has 1 aliphatic rings. The number of fused-ring (bicyclic) bond motifs is 1. The average Bonchev–Trinajstić information content (AvgIpc) is 2.19. The number of benzene rings is 1. The summed E-state index contributed by atoms with van der Waals surface area (Å²) in [5.41, 5.74) is 3.15. The Morgan fingerprint density at radius 2 is 2.20 bits per heavy atom. The van der Waals surface area contributed by atoms with Crippen LogP contribution >= 0.6 is 31.9 Å². The summed E-state index contributed by atoms with van der Waals surface area (Å²) in [6.07, 6.45) is 0.879. The fourth-order valence-corrected chi connectivity index (χ4v) is 2.99. The van der Waals surface area contributed by atoms with Crippen LogP contribution in [0.5, 0.6) is 0 Å². The summed E-state index contributed by atoms with van der Waals surface area (Å²) in [5, 5.41) is 7.38. The van der Waals surface area contributed by atoms with E-state index in [4.69, 9.17) is 4.84 Å². The van der Waals surface area contributed by atoms with Crippen LogP contribution in [0, 0.1) is 0 Å². The second-order valence-electron chi connectivity index (χ2n) is 3.21. The summed E-state index contributed by atoms with van der Waals surface area (Å²) < 4.78 is 2.07. The molecule has 0 aromatic heterocycles. The van der Waals surface area contributed by atoms with Crippen molar-refractivity contribution in [3.63, 3.8) is 0 Å². The first-order valence-electron chi connectivity index (χ1n) is 4.55. The van der Waals surface area contributed by atoms with Crippen LogP contribution < -0.4 is 5.32 Å². The van der Waals surface area contributed by atoms with E-state index in [2.05, 4.69) is 42.3 Å². The molecule has 1 heterocycles. The van der Waals surface area contributed by atoms with E-state index >= 15 is 0 Å². The average molecular weight is 334 g/mol. The van der Waals surface area contributed by atoms with Crippen LogP contribution in [0.2, 0.25) is 0 Å². The molecule has 1 aliphatic heterocycles. The number of nitrogens with zero attached hydrogens (tertiary/aromatic N) is 1. The number of halogens is 2. The van der Waals surface area contributed by atoms with Crippen LogP contribution in [-0.2, 0) is 4.84 Å². The maximum Gasteiger partial charge on any atom is 0.106 e. The Kier molecular flexibility index (Phi) is 3.31. The summed E-state index contributed by atoms with van der Waals surface area (Å²) in [4.78, 5) is 4.85. The summed E-state index contributed by atoms with van der Waals surface area (Å²) >= 11 is 6.99. The maximum atomic E-state index is 4.85. The van der Waals surface area contributed by atoms with Crippen molar-refractivity contribution in [2.45, 2.75) is 6.42 Å². The minimum absolute atomic E-state index is 0.879. The lowest BCUT2D eigenvalue weighted by Gasteiger charge is -2.20. The lowest BCUT2D eigenvalue weighted by Crippen LogP contribution is -2.19. The second kappa shape index (κ2) is 4.53. The maximum absolute atomic E-state index is 4.85. The molecule has 2 rings (SSSR count). The standard InChI is InChI=1S/C10H10Br2N2O/c1-15-14-9-2-3-13-10-7(9)4-6(11)5-8(10)12/h4-5,13H,2-3H2,1H3. The normalized spacial score (nSPS) is 17.1. The van der Waals surface area contributed by atoms with E-state index in [9.17, 15) is 0 Å². The highest BCUT2D eigenvalue weighted by molar-refractivity contribution is 9.11. The zero-order valence-corrected chi connectivity index (χ0v) is 11.4. The number of oxime groups is 1. The SMILES string of the molecule is CON=C1CCNc2c(Br)cc(Br)cc21. The van der Waals surface area contributed by atoms with E-state index in [1.54, 1.807) is 7.11 Å². The minimum atomic E-state index is 0.879. The van der Waals surface area contributed by atoms with Gasteiger partial charge < -0.3 is 10.2 Å². The zero-order chi connectivity index (χ0) is 10.8. The highest BCUT2D eigenvalue weighted by Crippen LogP contribution is 2.33. The van der Waals surface area contributed by atoms with E-state index in [1.165, 1.54) is 0 Å². The van der Waals surface area contributed by atoms with Gasteiger partial charge in [-0.15, -0.1) is 0 Å². The molecule has 3 nitrogen and oxygen atoms in total. The molecule has 0 saturated carbocycles.